The molecule has 168 valence electrons. The van der Waals surface area contributed by atoms with Crippen molar-refractivity contribution in [3.05, 3.63) is 71.8 Å². The van der Waals surface area contributed by atoms with Gasteiger partial charge in [-0.2, -0.15) is 0 Å². The molecule has 3 aromatic carbocycles. The van der Waals surface area contributed by atoms with Gasteiger partial charge in [-0.05, 0) is 53.6 Å². The monoisotopic (exact) mass is 483 g/mol. The minimum atomic E-state index is -4.75. The molecule has 0 fully saturated rings. The molecule has 0 aliphatic carbocycles. The second kappa shape index (κ2) is 9.09. The van der Waals surface area contributed by atoms with E-state index in [9.17, 15) is 21.6 Å². The molecule has 0 spiro atoms. The molecule has 0 aliphatic rings. The molecular weight excluding hydrogens is 467 g/mol. The number of anilines is 1. The maximum Gasteiger partial charge on any atom is 0.573 e. The first-order valence-corrected chi connectivity index (χ1v) is 11.2. The molecule has 0 amide bonds. The summed E-state index contributed by atoms with van der Waals surface area (Å²) in [5.74, 6) is -0.309. The highest BCUT2D eigenvalue weighted by molar-refractivity contribution is 7.90. The van der Waals surface area contributed by atoms with E-state index in [1.165, 1.54) is 42.5 Å². The summed E-state index contributed by atoms with van der Waals surface area (Å²) in [6.45, 7) is 0. The van der Waals surface area contributed by atoms with E-state index in [1.54, 1.807) is 24.3 Å². The molecule has 11 heteroatoms. The number of hydrogen-bond donors (Lipinski definition) is 2. The number of hydrogen-bond acceptors (Lipinski definition) is 4. The Hall–Kier alpha value is -3.24. The SMILES string of the molecule is CS(=O)(=O)c1ccc(N=C(N)Nc2cccc(-c3ccc(OC(F)(F)F)cc3)c2)c(Cl)c1. The Bertz CT molecular complexity index is 1260. The molecule has 0 atom stereocenters. The van der Waals surface area contributed by atoms with Crippen LogP contribution in [-0.4, -0.2) is 27.0 Å². The van der Waals surface area contributed by atoms with Crippen molar-refractivity contribution in [2.24, 2.45) is 10.7 Å². The molecular formula is C21H17ClF3N3O3S. The molecule has 3 N–H and O–H groups in total. The van der Waals surface area contributed by atoms with E-state index < -0.39 is 16.2 Å². The number of alkyl halides is 3. The first kappa shape index (κ1) is 23.4. The van der Waals surface area contributed by atoms with E-state index >= 15 is 0 Å². The minimum absolute atomic E-state index is 0.00470. The smallest absolute Gasteiger partial charge is 0.406 e. The Kier molecular flexibility index (Phi) is 6.65. The van der Waals surface area contributed by atoms with Crippen molar-refractivity contribution in [1.82, 2.24) is 0 Å². The molecule has 6 nitrogen and oxygen atoms in total. The predicted molar refractivity (Wildman–Crippen MR) is 118 cm³/mol. The third-order valence-corrected chi connectivity index (χ3v) is 5.56. The number of aliphatic imine (C=N–C) groups is 1. The maximum atomic E-state index is 12.3. The van der Waals surface area contributed by atoms with Crippen LogP contribution in [0.1, 0.15) is 0 Å². The van der Waals surface area contributed by atoms with Crippen LogP contribution in [0.25, 0.3) is 11.1 Å². The highest BCUT2D eigenvalue weighted by atomic mass is 35.5. The van der Waals surface area contributed by atoms with E-state index in [4.69, 9.17) is 17.3 Å². The van der Waals surface area contributed by atoms with Gasteiger partial charge < -0.3 is 15.8 Å². The van der Waals surface area contributed by atoms with Gasteiger partial charge in [0.2, 0.25) is 0 Å². The number of nitrogens with zero attached hydrogens (tertiary/aromatic N) is 1. The maximum absolute atomic E-state index is 12.3. The number of nitrogens with one attached hydrogen (secondary N) is 1. The summed E-state index contributed by atoms with van der Waals surface area (Å²) >= 11 is 6.11. The van der Waals surface area contributed by atoms with Crippen LogP contribution in [0, 0.1) is 0 Å². The van der Waals surface area contributed by atoms with Crippen molar-refractivity contribution >= 4 is 38.8 Å². The van der Waals surface area contributed by atoms with Crippen LogP contribution < -0.4 is 15.8 Å². The lowest BCUT2D eigenvalue weighted by atomic mass is 10.1. The van der Waals surface area contributed by atoms with Crippen molar-refractivity contribution in [3.63, 3.8) is 0 Å². The highest BCUT2D eigenvalue weighted by Crippen LogP contribution is 2.29. The van der Waals surface area contributed by atoms with Crippen LogP contribution >= 0.6 is 11.6 Å². The molecule has 0 aromatic heterocycles. The van der Waals surface area contributed by atoms with E-state index in [2.05, 4.69) is 15.0 Å². The summed E-state index contributed by atoms with van der Waals surface area (Å²) in [4.78, 5) is 4.22. The van der Waals surface area contributed by atoms with Crippen molar-refractivity contribution < 1.29 is 26.3 Å². The normalized spacial score (nSPS) is 12.5. The van der Waals surface area contributed by atoms with Gasteiger partial charge in [-0.15, -0.1) is 13.2 Å². The molecule has 0 saturated heterocycles. The van der Waals surface area contributed by atoms with Crippen LogP contribution in [0.15, 0.2) is 76.6 Å². The Labute approximate surface area is 187 Å². The second-order valence-electron chi connectivity index (χ2n) is 6.66. The second-order valence-corrected chi connectivity index (χ2v) is 9.08. The first-order chi connectivity index (χ1) is 14.9. The number of halogens is 4. The van der Waals surface area contributed by atoms with Crippen molar-refractivity contribution in [2.75, 3.05) is 11.6 Å². The van der Waals surface area contributed by atoms with Crippen LogP contribution in [0.3, 0.4) is 0 Å². The fourth-order valence-electron chi connectivity index (χ4n) is 2.74. The zero-order valence-corrected chi connectivity index (χ0v) is 18.1. The Morgan fingerprint density at radius 1 is 1.03 bits per heavy atom. The van der Waals surface area contributed by atoms with E-state index in [0.717, 1.165) is 11.8 Å². The quantitative estimate of drug-likeness (QED) is 0.376. The van der Waals surface area contributed by atoms with Gasteiger partial charge in [-0.3, -0.25) is 0 Å². The van der Waals surface area contributed by atoms with Gasteiger partial charge in [0.25, 0.3) is 0 Å². The zero-order chi connectivity index (χ0) is 23.5. The summed E-state index contributed by atoms with van der Waals surface area (Å²) in [5.41, 5.74) is 8.17. The van der Waals surface area contributed by atoms with Crippen molar-refractivity contribution in [3.8, 4) is 16.9 Å². The predicted octanol–water partition coefficient (Wildman–Crippen LogP) is 5.37. The summed E-state index contributed by atoms with van der Waals surface area (Å²) in [6, 6.07) is 16.5. The molecule has 0 aliphatic heterocycles. The van der Waals surface area contributed by atoms with E-state index in [0.29, 0.717) is 11.3 Å². The lowest BCUT2D eigenvalue weighted by Crippen LogP contribution is -2.21. The molecule has 0 radical (unpaired) electrons. The molecule has 3 aromatic rings. The number of ether oxygens (including phenoxy) is 1. The Morgan fingerprint density at radius 3 is 2.31 bits per heavy atom. The lowest BCUT2D eigenvalue weighted by molar-refractivity contribution is -0.274. The van der Waals surface area contributed by atoms with Gasteiger partial charge in [-0.1, -0.05) is 35.9 Å². The van der Waals surface area contributed by atoms with Crippen molar-refractivity contribution in [1.29, 1.82) is 0 Å². The van der Waals surface area contributed by atoms with Gasteiger partial charge in [0.1, 0.15) is 5.75 Å². The van der Waals surface area contributed by atoms with Crippen LogP contribution in [0.4, 0.5) is 24.5 Å². The molecule has 0 unspecified atom stereocenters. The van der Waals surface area contributed by atoms with Crippen LogP contribution in [-0.2, 0) is 9.84 Å². The third-order valence-electron chi connectivity index (χ3n) is 4.14. The highest BCUT2D eigenvalue weighted by Gasteiger charge is 2.30. The number of benzene rings is 3. The van der Waals surface area contributed by atoms with Gasteiger partial charge in [0.15, 0.2) is 15.8 Å². The minimum Gasteiger partial charge on any atom is -0.406 e. The van der Waals surface area contributed by atoms with Crippen molar-refractivity contribution in [2.45, 2.75) is 11.3 Å². The molecule has 0 heterocycles. The van der Waals surface area contributed by atoms with E-state index in [-0.39, 0.29) is 27.3 Å². The summed E-state index contributed by atoms with van der Waals surface area (Å²) < 4.78 is 64.0. The zero-order valence-electron chi connectivity index (χ0n) is 16.5. The molecule has 3 rings (SSSR count). The Morgan fingerprint density at radius 2 is 1.72 bits per heavy atom. The third kappa shape index (κ3) is 6.38. The van der Waals surface area contributed by atoms with Gasteiger partial charge in [0, 0.05) is 11.9 Å². The fraction of sp³-hybridized carbons (Fsp3) is 0.0952. The lowest BCUT2D eigenvalue weighted by Gasteiger charge is -2.11. The van der Waals surface area contributed by atoms with Crippen LogP contribution in [0.5, 0.6) is 5.75 Å². The number of sulfone groups is 1. The standard InChI is InChI=1S/C21H17ClF3N3O3S/c1-32(29,30)17-9-10-19(18(22)12-17)28-20(26)27-15-4-2-3-14(11-15)13-5-7-16(8-6-13)31-21(23,24)25/h2-12H,1H3,(H3,26,27,28). The largest absolute Gasteiger partial charge is 0.573 e. The van der Waals surface area contributed by atoms with Gasteiger partial charge in [0.05, 0.1) is 15.6 Å². The summed E-state index contributed by atoms with van der Waals surface area (Å²) in [6.07, 6.45) is -3.68. The van der Waals surface area contributed by atoms with Gasteiger partial charge >= 0.3 is 6.36 Å². The van der Waals surface area contributed by atoms with Gasteiger partial charge in [-0.25, -0.2) is 13.4 Å². The fourth-order valence-corrected chi connectivity index (χ4v) is 3.67. The van der Waals surface area contributed by atoms with Crippen LogP contribution in [0.2, 0.25) is 5.02 Å². The average molecular weight is 484 g/mol. The topological polar surface area (TPSA) is 93.8 Å². The molecule has 0 bridgehead atoms. The number of nitrogens with two attached hydrogens (primary N) is 1. The molecule has 32 heavy (non-hydrogen) atoms. The molecule has 0 saturated carbocycles. The number of guanidine groups is 1. The average Bonchev–Trinajstić information content (AvgIpc) is 2.68. The Balaban J connectivity index is 1.77. The first-order valence-electron chi connectivity index (χ1n) is 8.98. The number of rotatable bonds is 5. The summed E-state index contributed by atoms with van der Waals surface area (Å²) in [5, 5.41) is 3.01. The van der Waals surface area contributed by atoms with E-state index in [1.807, 2.05) is 0 Å². The summed E-state index contributed by atoms with van der Waals surface area (Å²) in [7, 11) is -3.41.